The van der Waals surface area contributed by atoms with Crippen molar-refractivity contribution in [2.75, 3.05) is 7.05 Å². The van der Waals surface area contributed by atoms with Gasteiger partial charge in [0.05, 0.1) is 6.04 Å². The molecule has 0 aliphatic rings. The summed E-state index contributed by atoms with van der Waals surface area (Å²) >= 11 is 5.35. The van der Waals surface area contributed by atoms with Crippen molar-refractivity contribution in [2.24, 2.45) is 0 Å². The van der Waals surface area contributed by atoms with Gasteiger partial charge < -0.3 is 5.32 Å². The van der Waals surface area contributed by atoms with E-state index in [-0.39, 0.29) is 6.04 Å². The molecular formula is C17H16BrNS. The highest BCUT2D eigenvalue weighted by atomic mass is 79.9. The molecule has 1 unspecified atom stereocenters. The zero-order valence-corrected chi connectivity index (χ0v) is 13.9. The van der Waals surface area contributed by atoms with E-state index in [0.29, 0.717) is 0 Å². The van der Waals surface area contributed by atoms with Crippen LogP contribution in [0.1, 0.15) is 22.7 Å². The van der Waals surface area contributed by atoms with Crippen LogP contribution in [0.4, 0.5) is 0 Å². The molecule has 0 saturated heterocycles. The fourth-order valence-corrected chi connectivity index (χ4v) is 4.13. The SMILES string of the molecule is CNC(c1ccc(Br)cc1C)c1csc2ccccc12. The van der Waals surface area contributed by atoms with E-state index in [1.807, 2.05) is 18.4 Å². The lowest BCUT2D eigenvalue weighted by Crippen LogP contribution is -2.18. The van der Waals surface area contributed by atoms with Gasteiger partial charge in [0, 0.05) is 9.17 Å². The van der Waals surface area contributed by atoms with Gasteiger partial charge in [-0.1, -0.05) is 40.2 Å². The maximum absolute atomic E-state index is 3.54. The average Bonchev–Trinajstić information content (AvgIpc) is 2.86. The van der Waals surface area contributed by atoms with Crippen molar-refractivity contribution < 1.29 is 0 Å². The van der Waals surface area contributed by atoms with Gasteiger partial charge in [-0.15, -0.1) is 11.3 Å². The van der Waals surface area contributed by atoms with Crippen LogP contribution in [0.15, 0.2) is 52.3 Å². The number of fused-ring (bicyclic) bond motifs is 1. The largest absolute Gasteiger partial charge is 0.309 e. The van der Waals surface area contributed by atoms with E-state index in [2.05, 4.69) is 76.0 Å². The molecule has 0 bridgehead atoms. The second-order valence-corrected chi connectivity index (χ2v) is 6.74. The van der Waals surface area contributed by atoms with Gasteiger partial charge in [0.1, 0.15) is 0 Å². The van der Waals surface area contributed by atoms with Gasteiger partial charge in [-0.25, -0.2) is 0 Å². The first-order valence-electron chi connectivity index (χ1n) is 6.60. The predicted molar refractivity (Wildman–Crippen MR) is 91.6 cm³/mol. The Morgan fingerprint density at radius 3 is 2.65 bits per heavy atom. The quantitative estimate of drug-likeness (QED) is 0.680. The Kier molecular flexibility index (Phi) is 3.92. The molecule has 0 aliphatic heterocycles. The van der Waals surface area contributed by atoms with Crippen LogP contribution in [-0.4, -0.2) is 7.05 Å². The van der Waals surface area contributed by atoms with Crippen LogP contribution < -0.4 is 5.32 Å². The van der Waals surface area contributed by atoms with Crippen LogP contribution in [0.3, 0.4) is 0 Å². The second-order valence-electron chi connectivity index (χ2n) is 4.91. The Balaban J connectivity index is 2.14. The number of thiophene rings is 1. The highest BCUT2D eigenvalue weighted by molar-refractivity contribution is 9.10. The van der Waals surface area contributed by atoms with E-state index in [9.17, 15) is 0 Å². The third kappa shape index (κ3) is 2.41. The summed E-state index contributed by atoms with van der Waals surface area (Å²) in [4.78, 5) is 0. The molecular weight excluding hydrogens is 330 g/mol. The van der Waals surface area contributed by atoms with Crippen LogP contribution in [0.25, 0.3) is 10.1 Å². The summed E-state index contributed by atoms with van der Waals surface area (Å²) < 4.78 is 2.47. The summed E-state index contributed by atoms with van der Waals surface area (Å²) in [5.74, 6) is 0. The van der Waals surface area contributed by atoms with Crippen molar-refractivity contribution in [1.29, 1.82) is 0 Å². The number of hydrogen-bond donors (Lipinski definition) is 1. The maximum Gasteiger partial charge on any atom is 0.0591 e. The van der Waals surface area contributed by atoms with Crippen LogP contribution in [0.2, 0.25) is 0 Å². The Labute approximate surface area is 131 Å². The van der Waals surface area contributed by atoms with Crippen LogP contribution in [0.5, 0.6) is 0 Å². The van der Waals surface area contributed by atoms with Gasteiger partial charge >= 0.3 is 0 Å². The summed E-state index contributed by atoms with van der Waals surface area (Å²) in [7, 11) is 2.03. The van der Waals surface area contributed by atoms with Gasteiger partial charge in [0.2, 0.25) is 0 Å². The predicted octanol–water partition coefficient (Wildman–Crippen LogP) is 5.28. The van der Waals surface area contributed by atoms with Crippen molar-refractivity contribution in [3.63, 3.8) is 0 Å². The van der Waals surface area contributed by atoms with Gasteiger partial charge in [-0.05, 0) is 59.6 Å². The molecule has 0 radical (unpaired) electrons. The number of aryl methyl sites for hydroxylation is 1. The molecule has 102 valence electrons. The Morgan fingerprint density at radius 2 is 1.90 bits per heavy atom. The molecule has 0 amide bonds. The molecule has 3 heteroatoms. The molecule has 0 aliphatic carbocycles. The lowest BCUT2D eigenvalue weighted by molar-refractivity contribution is 0.694. The average molecular weight is 346 g/mol. The van der Waals surface area contributed by atoms with Crippen molar-refractivity contribution in [3.05, 3.63) is 69.0 Å². The minimum Gasteiger partial charge on any atom is -0.309 e. The van der Waals surface area contributed by atoms with Crippen molar-refractivity contribution >= 4 is 37.4 Å². The molecule has 3 rings (SSSR count). The zero-order valence-electron chi connectivity index (χ0n) is 11.5. The number of benzene rings is 2. The van der Waals surface area contributed by atoms with Crippen molar-refractivity contribution in [2.45, 2.75) is 13.0 Å². The molecule has 1 nitrogen and oxygen atoms in total. The molecule has 20 heavy (non-hydrogen) atoms. The number of rotatable bonds is 3. The fraction of sp³-hybridized carbons (Fsp3) is 0.176. The highest BCUT2D eigenvalue weighted by Crippen LogP contribution is 2.34. The number of nitrogens with one attached hydrogen (secondary N) is 1. The number of halogens is 1. The van der Waals surface area contributed by atoms with Gasteiger partial charge in [0.25, 0.3) is 0 Å². The normalized spacial score (nSPS) is 12.8. The topological polar surface area (TPSA) is 12.0 Å². The van der Waals surface area contributed by atoms with E-state index in [1.165, 1.54) is 26.8 Å². The number of hydrogen-bond acceptors (Lipinski definition) is 2. The fourth-order valence-electron chi connectivity index (χ4n) is 2.66. The molecule has 3 aromatic rings. The van der Waals surface area contributed by atoms with Crippen LogP contribution in [0, 0.1) is 6.92 Å². The molecule has 0 spiro atoms. The van der Waals surface area contributed by atoms with Crippen LogP contribution in [-0.2, 0) is 0 Å². The molecule has 1 aromatic heterocycles. The minimum atomic E-state index is 0.235. The third-order valence-electron chi connectivity index (χ3n) is 3.65. The molecule has 1 N–H and O–H groups in total. The summed E-state index contributed by atoms with van der Waals surface area (Å²) in [6.45, 7) is 2.17. The van der Waals surface area contributed by atoms with Gasteiger partial charge in [0.15, 0.2) is 0 Å². The van der Waals surface area contributed by atoms with E-state index in [4.69, 9.17) is 0 Å². The van der Waals surface area contributed by atoms with Crippen molar-refractivity contribution in [1.82, 2.24) is 5.32 Å². The first-order chi connectivity index (χ1) is 9.70. The maximum atomic E-state index is 3.54. The summed E-state index contributed by atoms with van der Waals surface area (Å²) in [5.41, 5.74) is 3.99. The smallest absolute Gasteiger partial charge is 0.0591 e. The standard InChI is InChI=1S/C17H16BrNS/c1-11-9-12(18)7-8-13(11)17(19-2)15-10-20-16-6-4-3-5-14(15)16/h3-10,17,19H,1-2H3. The summed E-state index contributed by atoms with van der Waals surface area (Å²) in [5, 5.41) is 7.08. The molecule has 0 saturated carbocycles. The van der Waals surface area contributed by atoms with Gasteiger partial charge in [-0.2, -0.15) is 0 Å². The second kappa shape index (κ2) is 5.68. The first kappa shape index (κ1) is 13.8. The lowest BCUT2D eigenvalue weighted by Gasteiger charge is -2.19. The summed E-state index contributed by atoms with van der Waals surface area (Å²) in [6, 6.07) is 15.3. The zero-order chi connectivity index (χ0) is 14.1. The van der Waals surface area contributed by atoms with Gasteiger partial charge in [-0.3, -0.25) is 0 Å². The first-order valence-corrected chi connectivity index (χ1v) is 8.27. The van der Waals surface area contributed by atoms with Crippen LogP contribution >= 0.6 is 27.3 Å². The lowest BCUT2D eigenvalue weighted by atomic mass is 9.95. The highest BCUT2D eigenvalue weighted by Gasteiger charge is 2.17. The Hall–Kier alpha value is -1.16. The summed E-state index contributed by atoms with van der Waals surface area (Å²) in [6.07, 6.45) is 0. The molecule has 2 aromatic carbocycles. The third-order valence-corrected chi connectivity index (χ3v) is 5.13. The molecule has 1 heterocycles. The van der Waals surface area contributed by atoms with E-state index in [0.717, 1.165) is 4.47 Å². The molecule has 0 fully saturated rings. The Bertz CT molecular complexity index is 748. The minimum absolute atomic E-state index is 0.235. The van der Waals surface area contributed by atoms with E-state index < -0.39 is 0 Å². The Morgan fingerprint density at radius 1 is 1.10 bits per heavy atom. The van der Waals surface area contributed by atoms with E-state index >= 15 is 0 Å². The molecule has 1 atom stereocenters. The monoisotopic (exact) mass is 345 g/mol. The van der Waals surface area contributed by atoms with Crippen molar-refractivity contribution in [3.8, 4) is 0 Å². The van der Waals surface area contributed by atoms with E-state index in [1.54, 1.807) is 0 Å².